The molecule has 2 nitrogen and oxygen atoms in total. The van der Waals surface area contributed by atoms with E-state index in [0.29, 0.717) is 5.41 Å². The Morgan fingerprint density at radius 2 is 1.89 bits per heavy atom. The number of nitrogens with one attached hydrogen (secondary N) is 2. The standard InChI is InChI=1S/C15H30N2S/c1-15(7-3-2-4-8-15)13-17-11-12-18-14-5-9-16-10-6-14/h14,16-17H,2-13H2,1H3. The van der Waals surface area contributed by atoms with Gasteiger partial charge in [0.1, 0.15) is 0 Å². The Morgan fingerprint density at radius 1 is 1.17 bits per heavy atom. The molecule has 0 aromatic rings. The van der Waals surface area contributed by atoms with Crippen LogP contribution in [0.25, 0.3) is 0 Å². The van der Waals surface area contributed by atoms with Crippen molar-refractivity contribution in [2.24, 2.45) is 5.41 Å². The molecule has 3 heteroatoms. The van der Waals surface area contributed by atoms with Crippen molar-refractivity contribution < 1.29 is 0 Å². The SMILES string of the molecule is CC1(CNCCSC2CCNCC2)CCCCC1. The first-order valence-corrected chi connectivity index (χ1v) is 8.86. The molecule has 2 fully saturated rings. The monoisotopic (exact) mass is 270 g/mol. The summed E-state index contributed by atoms with van der Waals surface area (Å²) < 4.78 is 0. The summed E-state index contributed by atoms with van der Waals surface area (Å²) in [5.41, 5.74) is 0.595. The zero-order chi connectivity index (χ0) is 12.7. The summed E-state index contributed by atoms with van der Waals surface area (Å²) in [4.78, 5) is 0. The molecule has 0 radical (unpaired) electrons. The van der Waals surface area contributed by atoms with Crippen molar-refractivity contribution in [2.45, 2.75) is 57.1 Å². The zero-order valence-electron chi connectivity index (χ0n) is 12.0. The molecular formula is C15H30N2S. The van der Waals surface area contributed by atoms with Crippen molar-refractivity contribution in [3.05, 3.63) is 0 Å². The van der Waals surface area contributed by atoms with Crippen molar-refractivity contribution in [2.75, 3.05) is 31.9 Å². The number of piperidine rings is 1. The second kappa shape index (κ2) is 7.76. The molecular weight excluding hydrogens is 240 g/mol. The third-order valence-electron chi connectivity index (χ3n) is 4.53. The molecule has 0 bridgehead atoms. The van der Waals surface area contributed by atoms with E-state index >= 15 is 0 Å². The lowest BCUT2D eigenvalue weighted by Gasteiger charge is -2.33. The van der Waals surface area contributed by atoms with Crippen LogP contribution in [-0.4, -0.2) is 37.2 Å². The van der Waals surface area contributed by atoms with E-state index in [2.05, 4.69) is 29.3 Å². The largest absolute Gasteiger partial charge is 0.317 e. The fourth-order valence-electron chi connectivity index (χ4n) is 3.23. The molecule has 18 heavy (non-hydrogen) atoms. The van der Waals surface area contributed by atoms with Gasteiger partial charge in [-0.1, -0.05) is 26.2 Å². The highest BCUT2D eigenvalue weighted by atomic mass is 32.2. The molecule has 0 amide bonds. The minimum Gasteiger partial charge on any atom is -0.317 e. The minimum atomic E-state index is 0.595. The van der Waals surface area contributed by atoms with Crippen molar-refractivity contribution >= 4 is 11.8 Å². The van der Waals surface area contributed by atoms with Gasteiger partial charge in [0.15, 0.2) is 0 Å². The fourth-order valence-corrected chi connectivity index (χ4v) is 4.40. The van der Waals surface area contributed by atoms with Crippen LogP contribution in [-0.2, 0) is 0 Å². The van der Waals surface area contributed by atoms with E-state index in [9.17, 15) is 0 Å². The highest BCUT2D eigenvalue weighted by Gasteiger charge is 2.25. The number of hydrogen-bond acceptors (Lipinski definition) is 3. The van der Waals surface area contributed by atoms with E-state index in [1.54, 1.807) is 0 Å². The summed E-state index contributed by atoms with van der Waals surface area (Å²) in [6.07, 6.45) is 9.94. The van der Waals surface area contributed by atoms with Gasteiger partial charge in [0.05, 0.1) is 0 Å². The van der Waals surface area contributed by atoms with Gasteiger partial charge in [-0.25, -0.2) is 0 Å². The predicted molar refractivity (Wildman–Crippen MR) is 82.4 cm³/mol. The first-order valence-electron chi connectivity index (χ1n) is 7.82. The van der Waals surface area contributed by atoms with Gasteiger partial charge < -0.3 is 10.6 Å². The van der Waals surface area contributed by atoms with Gasteiger partial charge in [0, 0.05) is 24.1 Å². The van der Waals surface area contributed by atoms with Crippen LogP contribution in [0.5, 0.6) is 0 Å². The molecule has 2 N–H and O–H groups in total. The summed E-state index contributed by atoms with van der Waals surface area (Å²) in [6, 6.07) is 0. The molecule has 1 aliphatic carbocycles. The Hall–Kier alpha value is 0.270. The van der Waals surface area contributed by atoms with Crippen LogP contribution in [0, 0.1) is 5.41 Å². The van der Waals surface area contributed by atoms with Gasteiger partial charge in [-0.3, -0.25) is 0 Å². The molecule has 0 aromatic heterocycles. The number of thioether (sulfide) groups is 1. The Morgan fingerprint density at radius 3 is 2.61 bits per heavy atom. The predicted octanol–water partition coefficient (Wildman–Crippen LogP) is 3.03. The van der Waals surface area contributed by atoms with Gasteiger partial charge in [-0.15, -0.1) is 0 Å². The molecule has 1 aliphatic heterocycles. The van der Waals surface area contributed by atoms with Gasteiger partial charge in [-0.2, -0.15) is 11.8 Å². The summed E-state index contributed by atoms with van der Waals surface area (Å²) in [5.74, 6) is 1.29. The van der Waals surface area contributed by atoms with E-state index in [1.165, 1.54) is 76.9 Å². The smallest absolute Gasteiger partial charge is 0.00716 e. The lowest BCUT2D eigenvalue weighted by molar-refractivity contribution is 0.209. The third kappa shape index (κ3) is 5.10. The molecule has 0 spiro atoms. The first-order chi connectivity index (χ1) is 8.79. The fraction of sp³-hybridized carbons (Fsp3) is 1.00. The molecule has 106 valence electrons. The van der Waals surface area contributed by atoms with E-state index in [0.717, 1.165) is 5.25 Å². The van der Waals surface area contributed by atoms with Gasteiger partial charge in [-0.05, 0) is 44.2 Å². The van der Waals surface area contributed by atoms with Crippen LogP contribution in [0.1, 0.15) is 51.9 Å². The second-order valence-corrected chi connectivity index (χ2v) is 7.78. The van der Waals surface area contributed by atoms with Crippen molar-refractivity contribution in [3.63, 3.8) is 0 Å². The van der Waals surface area contributed by atoms with Crippen LogP contribution >= 0.6 is 11.8 Å². The molecule has 1 heterocycles. The Balaban J connectivity index is 1.50. The summed E-state index contributed by atoms with van der Waals surface area (Å²) in [7, 11) is 0. The van der Waals surface area contributed by atoms with Gasteiger partial charge >= 0.3 is 0 Å². The molecule has 0 aromatic carbocycles. The highest BCUT2D eigenvalue weighted by Crippen LogP contribution is 2.34. The second-order valence-electron chi connectivity index (χ2n) is 6.37. The topological polar surface area (TPSA) is 24.1 Å². The van der Waals surface area contributed by atoms with E-state index < -0.39 is 0 Å². The van der Waals surface area contributed by atoms with Crippen molar-refractivity contribution in [1.29, 1.82) is 0 Å². The Kier molecular flexibility index (Phi) is 6.33. The van der Waals surface area contributed by atoms with Crippen LogP contribution < -0.4 is 10.6 Å². The Bertz CT molecular complexity index is 221. The van der Waals surface area contributed by atoms with Gasteiger partial charge in [0.25, 0.3) is 0 Å². The third-order valence-corrected chi connectivity index (χ3v) is 5.91. The molecule has 0 unspecified atom stereocenters. The van der Waals surface area contributed by atoms with Crippen LogP contribution in [0.4, 0.5) is 0 Å². The molecule has 0 atom stereocenters. The van der Waals surface area contributed by atoms with Crippen LogP contribution in [0.15, 0.2) is 0 Å². The molecule has 1 saturated heterocycles. The lowest BCUT2D eigenvalue weighted by Crippen LogP contribution is -2.35. The van der Waals surface area contributed by atoms with Crippen LogP contribution in [0.2, 0.25) is 0 Å². The van der Waals surface area contributed by atoms with Crippen molar-refractivity contribution in [1.82, 2.24) is 10.6 Å². The number of rotatable bonds is 6. The lowest BCUT2D eigenvalue weighted by atomic mass is 9.76. The summed E-state index contributed by atoms with van der Waals surface area (Å²) in [5, 5.41) is 8.05. The molecule has 2 aliphatic rings. The van der Waals surface area contributed by atoms with Crippen molar-refractivity contribution in [3.8, 4) is 0 Å². The Labute approximate surface area is 117 Å². The summed E-state index contributed by atoms with van der Waals surface area (Å²) in [6.45, 7) is 7.36. The number of hydrogen-bond donors (Lipinski definition) is 2. The summed E-state index contributed by atoms with van der Waals surface area (Å²) >= 11 is 2.18. The normalized spacial score (nSPS) is 25.2. The van der Waals surface area contributed by atoms with E-state index in [4.69, 9.17) is 0 Å². The quantitative estimate of drug-likeness (QED) is 0.726. The highest BCUT2D eigenvalue weighted by molar-refractivity contribution is 7.99. The molecule has 1 saturated carbocycles. The average Bonchev–Trinajstić information content (AvgIpc) is 2.40. The average molecular weight is 270 g/mol. The van der Waals surface area contributed by atoms with E-state index in [1.807, 2.05) is 0 Å². The first kappa shape index (κ1) is 14.7. The van der Waals surface area contributed by atoms with Crippen LogP contribution in [0.3, 0.4) is 0 Å². The zero-order valence-corrected chi connectivity index (χ0v) is 12.8. The van der Waals surface area contributed by atoms with E-state index in [-0.39, 0.29) is 0 Å². The maximum Gasteiger partial charge on any atom is 0.00716 e. The van der Waals surface area contributed by atoms with Gasteiger partial charge in [0.2, 0.25) is 0 Å². The maximum absolute atomic E-state index is 3.70. The minimum absolute atomic E-state index is 0.595. The maximum atomic E-state index is 3.70. The molecule has 2 rings (SSSR count).